The smallest absolute Gasteiger partial charge is 0.164 e. The highest BCUT2D eigenvalue weighted by atomic mass is 32.1. The third-order valence-electron chi connectivity index (χ3n) is 18.2. The van der Waals surface area contributed by atoms with Crippen LogP contribution in [0.2, 0.25) is 0 Å². The second-order valence-electron chi connectivity index (χ2n) is 23.7. The minimum absolute atomic E-state index is 0.579. The maximum Gasteiger partial charge on any atom is 0.164 e. The van der Waals surface area contributed by atoms with Crippen molar-refractivity contribution in [2.24, 2.45) is 0 Å². The predicted molar refractivity (Wildman–Crippen MR) is 391 cm³/mol. The molecule has 13 aromatic carbocycles. The van der Waals surface area contributed by atoms with Gasteiger partial charge in [0.25, 0.3) is 0 Å². The molecule has 0 saturated carbocycles. The molecule has 0 atom stereocenters. The molecule has 0 fully saturated rings. The Kier molecular flexibility index (Phi) is 12.5. The Morgan fingerprint density at radius 3 is 0.915 bits per heavy atom. The van der Waals surface area contributed by atoms with Crippen LogP contribution in [-0.4, -0.2) is 39.0 Å². The Morgan fingerprint density at radius 1 is 0.213 bits per heavy atom. The lowest BCUT2D eigenvalue weighted by Crippen LogP contribution is -2.03. The number of para-hydroxylation sites is 2. The van der Waals surface area contributed by atoms with Gasteiger partial charge in [0.2, 0.25) is 0 Å². The second kappa shape index (κ2) is 21.8. The largest absolute Gasteiger partial charge is 0.309 e. The lowest BCUT2D eigenvalue weighted by molar-refractivity contribution is 1.07. The lowest BCUT2D eigenvalue weighted by atomic mass is 9.95. The number of hydrogen-bond acceptors (Lipinski definition) is 8. The Hall–Kier alpha value is -12.1. The normalized spacial score (nSPS) is 11.8. The summed E-state index contributed by atoms with van der Waals surface area (Å²) >= 11 is 3.72. The summed E-state index contributed by atoms with van der Waals surface area (Å²) in [6, 6.07) is 108. The third kappa shape index (κ3) is 8.79. The molecule has 19 aromatic rings. The fourth-order valence-electron chi connectivity index (χ4n) is 13.9. The van der Waals surface area contributed by atoms with Gasteiger partial charge in [0.15, 0.2) is 34.9 Å². The van der Waals surface area contributed by atoms with Gasteiger partial charge in [-0.2, -0.15) is 0 Å². The van der Waals surface area contributed by atoms with Gasteiger partial charge in [-0.1, -0.05) is 249 Å². The van der Waals surface area contributed by atoms with Crippen molar-refractivity contribution in [2.45, 2.75) is 0 Å². The van der Waals surface area contributed by atoms with Crippen LogP contribution in [0.5, 0.6) is 0 Å². The zero-order valence-corrected chi connectivity index (χ0v) is 51.9. The van der Waals surface area contributed by atoms with Gasteiger partial charge in [-0.05, 0) is 65.7 Å². The molecule has 438 valence electrons. The van der Waals surface area contributed by atoms with Crippen LogP contribution in [0.15, 0.2) is 303 Å². The molecule has 6 aromatic heterocycles. The summed E-state index contributed by atoms with van der Waals surface area (Å²) in [5.74, 6) is 3.58. The van der Waals surface area contributed by atoms with E-state index in [1.54, 1.807) is 0 Å². The van der Waals surface area contributed by atoms with E-state index in [9.17, 15) is 0 Å². The summed E-state index contributed by atoms with van der Waals surface area (Å²) in [5.41, 5.74) is 16.0. The molecule has 0 aliphatic carbocycles. The van der Waals surface area contributed by atoms with Gasteiger partial charge < -0.3 is 9.13 Å². The van der Waals surface area contributed by atoms with E-state index in [0.29, 0.717) is 34.9 Å². The molecule has 0 saturated heterocycles. The summed E-state index contributed by atoms with van der Waals surface area (Å²) in [6.07, 6.45) is 0. The SMILES string of the molecule is c1ccc(-c2nc(-c3ccccc3)nc(-c3ccc(-c4cccc(-c5ccc(-c6nc(-c7ccccc7)nc(-c7ccccc7)n6)cc5-n5c6ccccc6c6c7sc8ccccc8c7ccc65)c4)c(-n4c5ccccc5c5c6sc7ccccc7c6ccc54)c3)n2)cc1. The number of thiophene rings is 2. The first-order valence-corrected chi connectivity index (χ1v) is 33.0. The van der Waals surface area contributed by atoms with Gasteiger partial charge in [0.1, 0.15) is 0 Å². The van der Waals surface area contributed by atoms with Crippen LogP contribution in [0.25, 0.3) is 186 Å². The Morgan fingerprint density at radius 2 is 0.532 bits per heavy atom. The van der Waals surface area contributed by atoms with Gasteiger partial charge >= 0.3 is 0 Å². The van der Waals surface area contributed by atoms with E-state index in [-0.39, 0.29) is 0 Å². The van der Waals surface area contributed by atoms with E-state index >= 15 is 0 Å². The number of fused-ring (bicyclic) bond motifs is 14. The zero-order valence-electron chi connectivity index (χ0n) is 50.3. The van der Waals surface area contributed by atoms with Gasteiger partial charge in [-0.15, -0.1) is 22.7 Å². The molecule has 8 nitrogen and oxygen atoms in total. The Balaban J connectivity index is 0.862. The minimum Gasteiger partial charge on any atom is -0.309 e. The van der Waals surface area contributed by atoms with Crippen LogP contribution in [0.1, 0.15) is 0 Å². The third-order valence-corrected chi connectivity index (χ3v) is 20.6. The molecule has 6 heterocycles. The monoisotopic (exact) mass is 1230 g/mol. The molecular formula is C84H50N8S2. The van der Waals surface area contributed by atoms with Crippen LogP contribution in [0.4, 0.5) is 0 Å². The van der Waals surface area contributed by atoms with Crippen LogP contribution < -0.4 is 0 Å². The molecule has 0 aliphatic heterocycles. The first kappa shape index (κ1) is 53.7. The highest BCUT2D eigenvalue weighted by Gasteiger charge is 2.25. The van der Waals surface area contributed by atoms with Crippen molar-refractivity contribution in [1.82, 2.24) is 39.0 Å². The second-order valence-corrected chi connectivity index (χ2v) is 25.8. The van der Waals surface area contributed by atoms with E-state index in [1.807, 2.05) is 95.5 Å². The van der Waals surface area contributed by atoms with E-state index < -0.39 is 0 Å². The molecule has 0 bridgehead atoms. The van der Waals surface area contributed by atoms with Gasteiger partial charge in [0.05, 0.1) is 33.4 Å². The zero-order chi connectivity index (χ0) is 61.8. The summed E-state index contributed by atoms with van der Waals surface area (Å²) in [6.45, 7) is 0. The van der Waals surface area contributed by atoms with Crippen LogP contribution in [0.3, 0.4) is 0 Å². The van der Waals surface area contributed by atoms with E-state index in [2.05, 4.69) is 240 Å². The molecule has 0 spiro atoms. The molecule has 10 heteroatoms. The number of benzene rings is 13. The van der Waals surface area contributed by atoms with Crippen molar-refractivity contribution in [3.63, 3.8) is 0 Å². The van der Waals surface area contributed by atoms with Gasteiger partial charge in [-0.3, -0.25) is 0 Å². The van der Waals surface area contributed by atoms with Crippen LogP contribution in [-0.2, 0) is 0 Å². The maximum atomic E-state index is 5.30. The molecule has 19 rings (SSSR count). The lowest BCUT2D eigenvalue weighted by Gasteiger charge is -2.19. The van der Waals surface area contributed by atoms with E-state index in [0.717, 1.165) is 89.1 Å². The first-order chi connectivity index (χ1) is 46.6. The molecular weight excluding hydrogens is 1190 g/mol. The summed E-state index contributed by atoms with van der Waals surface area (Å²) in [7, 11) is 0. The number of rotatable bonds is 10. The average Bonchev–Trinajstić information content (AvgIpc) is 1.56. The van der Waals surface area contributed by atoms with Crippen LogP contribution >= 0.6 is 22.7 Å². The minimum atomic E-state index is 0.579. The summed E-state index contributed by atoms with van der Waals surface area (Å²) < 4.78 is 10.0. The molecule has 0 radical (unpaired) electrons. The van der Waals surface area contributed by atoms with E-state index in [1.165, 1.54) is 61.9 Å². The van der Waals surface area contributed by atoms with Crippen LogP contribution in [0, 0.1) is 0 Å². The summed E-state index contributed by atoms with van der Waals surface area (Å²) in [5, 5.41) is 9.87. The van der Waals surface area contributed by atoms with Crippen molar-refractivity contribution < 1.29 is 0 Å². The highest BCUT2D eigenvalue weighted by Crippen LogP contribution is 2.48. The standard InChI is InChI=1S/C84H50N8S2/c1-5-22-51(23-6-1)79-85-80(52-24-7-2-8-25-52)88-83(87-79)57-40-42-59(71(49-57)91-67-36-17-13-34-65(67)75-69(91)46-44-63-61-32-15-19-38-73(61)93-77(63)75)55-30-21-31-56(48-55)60-43-41-58(84-89-81(53-26-9-3-10-27-53)86-82(90-84)54-28-11-4-12-29-54)50-72(60)92-68-37-18-14-35-66(68)76-70(92)47-45-64-62-33-16-20-39-74(62)94-78(64)76/h1-50H. The highest BCUT2D eigenvalue weighted by molar-refractivity contribution is 7.27. The van der Waals surface area contributed by atoms with Crippen molar-refractivity contribution in [1.29, 1.82) is 0 Å². The van der Waals surface area contributed by atoms with Crippen molar-refractivity contribution in [3.05, 3.63) is 303 Å². The number of aromatic nitrogens is 8. The first-order valence-electron chi connectivity index (χ1n) is 31.4. The van der Waals surface area contributed by atoms with Crippen molar-refractivity contribution in [3.8, 4) is 102 Å². The number of hydrogen-bond donors (Lipinski definition) is 0. The molecule has 0 aliphatic rings. The molecule has 0 N–H and O–H groups in total. The molecule has 94 heavy (non-hydrogen) atoms. The molecule has 0 amide bonds. The fourth-order valence-corrected chi connectivity index (χ4v) is 16.4. The van der Waals surface area contributed by atoms with Gasteiger partial charge in [-0.25, -0.2) is 29.9 Å². The number of nitrogens with zero attached hydrogens (tertiary/aromatic N) is 8. The fraction of sp³-hybridized carbons (Fsp3) is 0. The topological polar surface area (TPSA) is 87.2 Å². The predicted octanol–water partition coefficient (Wildman–Crippen LogP) is 22.3. The van der Waals surface area contributed by atoms with Crippen molar-refractivity contribution in [2.75, 3.05) is 0 Å². The molecule has 0 unspecified atom stereocenters. The van der Waals surface area contributed by atoms with Crippen molar-refractivity contribution >= 4 is 107 Å². The maximum absolute atomic E-state index is 5.30. The Bertz CT molecular complexity index is 5740. The summed E-state index contributed by atoms with van der Waals surface area (Å²) in [4.78, 5) is 31.4. The average molecular weight is 1240 g/mol. The van der Waals surface area contributed by atoms with Gasteiger partial charge in [0, 0.05) is 106 Å². The quantitative estimate of drug-likeness (QED) is 0.136. The Labute approximate surface area is 547 Å². The van der Waals surface area contributed by atoms with E-state index in [4.69, 9.17) is 29.9 Å².